The third kappa shape index (κ3) is 3.70. The number of sulfonamides is 1. The molecule has 7 nitrogen and oxygen atoms in total. The van der Waals surface area contributed by atoms with E-state index in [0.717, 1.165) is 32.1 Å². The minimum absolute atomic E-state index is 0.157. The Kier molecular flexibility index (Phi) is 4.71. The summed E-state index contributed by atoms with van der Waals surface area (Å²) in [5.74, 6) is 0.755. The van der Waals surface area contributed by atoms with E-state index >= 15 is 0 Å². The number of rotatable bonds is 5. The van der Waals surface area contributed by atoms with Gasteiger partial charge in [0.2, 0.25) is 10.0 Å². The molecule has 1 aromatic rings. The zero-order valence-corrected chi connectivity index (χ0v) is 17.4. The van der Waals surface area contributed by atoms with Crippen LogP contribution in [0.2, 0.25) is 0 Å². The molecule has 0 spiro atoms. The number of carbonyl (C=O) groups is 1. The van der Waals surface area contributed by atoms with Crippen LogP contribution in [0.1, 0.15) is 61.9 Å². The number of amides is 1. The van der Waals surface area contributed by atoms with Crippen molar-refractivity contribution in [1.29, 1.82) is 0 Å². The quantitative estimate of drug-likeness (QED) is 0.761. The molecule has 8 heteroatoms. The van der Waals surface area contributed by atoms with E-state index in [9.17, 15) is 13.2 Å². The lowest BCUT2D eigenvalue weighted by Crippen LogP contribution is -2.70. The van der Waals surface area contributed by atoms with Gasteiger partial charge in [-0.1, -0.05) is 6.07 Å². The van der Waals surface area contributed by atoms with Crippen LogP contribution in [0.4, 0.5) is 0 Å². The molecule has 1 saturated heterocycles. The highest BCUT2D eigenvalue weighted by Gasteiger charge is 2.59. The minimum atomic E-state index is -3.41. The summed E-state index contributed by atoms with van der Waals surface area (Å²) in [6.45, 7) is 1.02. The molecule has 5 fully saturated rings. The predicted molar refractivity (Wildman–Crippen MR) is 108 cm³/mol. The Morgan fingerprint density at radius 3 is 2.41 bits per heavy atom. The van der Waals surface area contributed by atoms with Crippen LogP contribution in [0.15, 0.2) is 24.4 Å². The Balaban J connectivity index is 1.37. The molecule has 1 aromatic heterocycles. The van der Waals surface area contributed by atoms with Gasteiger partial charge in [-0.15, -0.1) is 0 Å². The van der Waals surface area contributed by atoms with E-state index < -0.39 is 15.6 Å². The molecule has 2 atom stereocenters. The molecule has 1 amide bonds. The van der Waals surface area contributed by atoms with Gasteiger partial charge in [0.15, 0.2) is 0 Å². The fourth-order valence-electron chi connectivity index (χ4n) is 6.70. The highest BCUT2D eigenvalue weighted by atomic mass is 32.2. The van der Waals surface area contributed by atoms with Gasteiger partial charge in [0.1, 0.15) is 5.69 Å². The third-order valence-corrected chi connectivity index (χ3v) is 9.37. The molecule has 29 heavy (non-hydrogen) atoms. The maximum absolute atomic E-state index is 13.2. The SMILES string of the molecule is O=C(NC12CC3CC(C1)CC(NS(=O)(=O)C1CCOCC1)(C3)C2)c1ccccn1. The molecule has 2 N–H and O–H groups in total. The fraction of sp³-hybridized carbons (Fsp3) is 0.714. The zero-order valence-electron chi connectivity index (χ0n) is 16.6. The summed E-state index contributed by atoms with van der Waals surface area (Å²) >= 11 is 0. The number of hydrogen-bond acceptors (Lipinski definition) is 5. The first-order chi connectivity index (χ1) is 13.9. The molecule has 2 heterocycles. The van der Waals surface area contributed by atoms with Crippen LogP contribution in [0.5, 0.6) is 0 Å². The first-order valence-corrected chi connectivity index (χ1v) is 12.3. The van der Waals surface area contributed by atoms with Crippen molar-refractivity contribution >= 4 is 15.9 Å². The molecule has 5 aliphatic rings. The van der Waals surface area contributed by atoms with Crippen molar-refractivity contribution in [2.45, 2.75) is 67.7 Å². The second-order valence-electron chi connectivity index (χ2n) is 9.65. The summed E-state index contributed by atoms with van der Waals surface area (Å²) in [5, 5.41) is 2.90. The standard InChI is InChI=1S/C21H29N3O4S/c25-19(18-3-1-2-6-22-18)23-20-10-15-9-16(11-20)13-21(12-15,14-20)24-29(26,27)17-4-7-28-8-5-17/h1-3,6,15-17,24H,4-5,7-14H2,(H,23,25). The normalized spacial score (nSPS) is 36.8. The van der Waals surface area contributed by atoms with Crippen LogP contribution < -0.4 is 10.0 Å². The van der Waals surface area contributed by atoms with Crippen LogP contribution >= 0.6 is 0 Å². The van der Waals surface area contributed by atoms with Crippen LogP contribution in [0.3, 0.4) is 0 Å². The summed E-state index contributed by atoms with van der Waals surface area (Å²) in [4.78, 5) is 17.0. The van der Waals surface area contributed by atoms with Crippen molar-refractivity contribution in [1.82, 2.24) is 15.0 Å². The largest absolute Gasteiger partial charge is 0.381 e. The van der Waals surface area contributed by atoms with Crippen molar-refractivity contribution in [3.63, 3.8) is 0 Å². The zero-order chi connectivity index (χ0) is 20.1. The highest BCUT2D eigenvalue weighted by Crippen LogP contribution is 2.57. The van der Waals surface area contributed by atoms with Crippen LogP contribution in [0, 0.1) is 11.8 Å². The number of ether oxygens (including phenoxy) is 1. The minimum Gasteiger partial charge on any atom is -0.381 e. The van der Waals surface area contributed by atoms with E-state index in [1.54, 1.807) is 18.3 Å². The van der Waals surface area contributed by atoms with Gasteiger partial charge < -0.3 is 10.1 Å². The number of nitrogens with zero attached hydrogens (tertiary/aromatic N) is 1. The van der Waals surface area contributed by atoms with Gasteiger partial charge in [-0.2, -0.15) is 0 Å². The van der Waals surface area contributed by atoms with Crippen molar-refractivity contribution < 1.29 is 17.9 Å². The monoisotopic (exact) mass is 419 g/mol. The Bertz CT molecular complexity index is 868. The number of pyridine rings is 1. The van der Waals surface area contributed by atoms with Gasteiger partial charge in [-0.25, -0.2) is 13.1 Å². The summed E-state index contributed by atoms with van der Waals surface area (Å²) in [6.07, 6.45) is 8.18. The highest BCUT2D eigenvalue weighted by molar-refractivity contribution is 7.90. The van der Waals surface area contributed by atoms with Gasteiger partial charge in [-0.3, -0.25) is 9.78 Å². The first kappa shape index (κ1) is 19.5. The lowest BCUT2D eigenvalue weighted by Gasteiger charge is -2.62. The molecule has 4 aliphatic carbocycles. The summed E-state index contributed by atoms with van der Waals surface area (Å²) in [6, 6.07) is 5.33. The molecule has 0 radical (unpaired) electrons. The van der Waals surface area contributed by atoms with Crippen LogP contribution in [-0.4, -0.2) is 48.9 Å². The Morgan fingerprint density at radius 2 is 1.76 bits per heavy atom. The lowest BCUT2D eigenvalue weighted by atomic mass is 9.50. The molecule has 158 valence electrons. The van der Waals surface area contributed by atoms with E-state index in [1.165, 1.54) is 0 Å². The Morgan fingerprint density at radius 1 is 1.07 bits per heavy atom. The smallest absolute Gasteiger partial charge is 0.270 e. The van der Waals surface area contributed by atoms with Crippen molar-refractivity contribution in [2.75, 3.05) is 13.2 Å². The van der Waals surface area contributed by atoms with Crippen LogP contribution in [-0.2, 0) is 14.8 Å². The molecular formula is C21H29N3O4S. The van der Waals surface area contributed by atoms with Crippen molar-refractivity contribution in [3.05, 3.63) is 30.1 Å². The van der Waals surface area contributed by atoms with Crippen LogP contribution in [0.25, 0.3) is 0 Å². The van der Waals surface area contributed by atoms with E-state index in [4.69, 9.17) is 4.74 Å². The number of hydrogen-bond donors (Lipinski definition) is 2. The van der Waals surface area contributed by atoms with Gasteiger partial charge >= 0.3 is 0 Å². The maximum Gasteiger partial charge on any atom is 0.270 e. The molecule has 2 unspecified atom stereocenters. The molecule has 0 aromatic carbocycles. The van der Waals surface area contributed by atoms with Crippen molar-refractivity contribution in [2.24, 2.45) is 11.8 Å². The molecule has 1 aliphatic heterocycles. The summed E-state index contributed by atoms with van der Waals surface area (Å²) in [5.41, 5.74) is -0.352. The van der Waals surface area contributed by atoms with Gasteiger partial charge in [0.05, 0.1) is 5.25 Å². The predicted octanol–water partition coefficient (Wildman–Crippen LogP) is 2.00. The number of carbonyl (C=O) groups excluding carboxylic acids is 1. The Hall–Kier alpha value is -1.51. The molecular weight excluding hydrogens is 390 g/mol. The van der Waals surface area contributed by atoms with E-state index in [0.29, 0.717) is 50.0 Å². The van der Waals surface area contributed by atoms with Crippen molar-refractivity contribution in [3.8, 4) is 0 Å². The first-order valence-electron chi connectivity index (χ1n) is 10.7. The topological polar surface area (TPSA) is 97.4 Å². The second kappa shape index (κ2) is 7.03. The average Bonchev–Trinajstić information content (AvgIpc) is 2.67. The van der Waals surface area contributed by atoms with E-state index in [2.05, 4.69) is 15.0 Å². The van der Waals surface area contributed by atoms with E-state index in [-0.39, 0.29) is 16.7 Å². The summed E-state index contributed by atoms with van der Waals surface area (Å²) in [7, 11) is -3.41. The average molecular weight is 420 g/mol. The maximum atomic E-state index is 13.2. The number of aromatic nitrogens is 1. The summed E-state index contributed by atoms with van der Waals surface area (Å²) < 4.78 is 34.8. The second-order valence-corrected chi connectivity index (χ2v) is 11.6. The third-order valence-electron chi connectivity index (χ3n) is 7.30. The van der Waals surface area contributed by atoms with Gasteiger partial charge in [-0.05, 0) is 75.3 Å². The van der Waals surface area contributed by atoms with Gasteiger partial charge in [0, 0.05) is 30.5 Å². The van der Waals surface area contributed by atoms with Gasteiger partial charge in [0.25, 0.3) is 5.91 Å². The molecule has 4 saturated carbocycles. The fourth-order valence-corrected chi connectivity index (χ4v) is 8.52. The molecule has 6 rings (SSSR count). The lowest BCUT2D eigenvalue weighted by molar-refractivity contribution is -0.0392. The van der Waals surface area contributed by atoms with E-state index in [1.807, 2.05) is 6.07 Å². The number of nitrogens with one attached hydrogen (secondary N) is 2. The Labute approximate surface area is 172 Å². The molecule has 4 bridgehead atoms.